The van der Waals surface area contributed by atoms with Crippen LogP contribution >= 0.6 is 0 Å². The Morgan fingerprint density at radius 1 is 1.47 bits per heavy atom. The van der Waals surface area contributed by atoms with Gasteiger partial charge < -0.3 is 5.73 Å². The van der Waals surface area contributed by atoms with Crippen molar-refractivity contribution in [3.05, 3.63) is 40.6 Å². The van der Waals surface area contributed by atoms with Crippen molar-refractivity contribution in [2.75, 3.05) is 5.73 Å². The second kappa shape index (κ2) is 5.09. The minimum atomic E-state index is -0.426. The average Bonchev–Trinajstić information content (AvgIpc) is 2.69. The second-order valence-corrected chi connectivity index (χ2v) is 4.86. The van der Waals surface area contributed by atoms with Gasteiger partial charge in [0.1, 0.15) is 5.69 Å². The Bertz CT molecular complexity index is 604. The molecule has 0 atom stereocenters. The Labute approximate surface area is 111 Å². The van der Waals surface area contributed by atoms with E-state index in [9.17, 15) is 10.1 Å². The van der Waals surface area contributed by atoms with Crippen LogP contribution in [0.5, 0.6) is 0 Å². The molecular weight excluding hydrogens is 244 g/mol. The van der Waals surface area contributed by atoms with Gasteiger partial charge in [-0.05, 0) is 5.92 Å². The number of nitro groups is 1. The van der Waals surface area contributed by atoms with E-state index in [4.69, 9.17) is 5.73 Å². The molecule has 0 aliphatic rings. The summed E-state index contributed by atoms with van der Waals surface area (Å²) in [5.41, 5.74) is 7.74. The summed E-state index contributed by atoms with van der Waals surface area (Å²) >= 11 is 0. The van der Waals surface area contributed by atoms with Crippen molar-refractivity contribution in [1.82, 2.24) is 9.78 Å². The molecule has 19 heavy (non-hydrogen) atoms. The highest BCUT2D eigenvalue weighted by Crippen LogP contribution is 2.27. The van der Waals surface area contributed by atoms with E-state index in [-0.39, 0.29) is 5.69 Å². The molecule has 2 aromatic rings. The van der Waals surface area contributed by atoms with Gasteiger partial charge in [0, 0.05) is 30.4 Å². The number of non-ortho nitro benzene ring substituents is 1. The maximum absolute atomic E-state index is 10.8. The molecule has 0 aliphatic heterocycles. The van der Waals surface area contributed by atoms with E-state index in [1.165, 1.54) is 12.1 Å². The molecule has 0 saturated carbocycles. The van der Waals surface area contributed by atoms with Crippen molar-refractivity contribution < 1.29 is 4.92 Å². The molecular formula is C13H16N4O2. The monoisotopic (exact) mass is 260 g/mol. The zero-order valence-electron chi connectivity index (χ0n) is 10.9. The van der Waals surface area contributed by atoms with Crippen LogP contribution in [-0.4, -0.2) is 14.7 Å². The van der Waals surface area contributed by atoms with E-state index >= 15 is 0 Å². The van der Waals surface area contributed by atoms with Gasteiger partial charge in [-0.15, -0.1) is 0 Å². The number of hydrogen-bond acceptors (Lipinski definition) is 4. The lowest BCUT2D eigenvalue weighted by molar-refractivity contribution is -0.384. The fourth-order valence-corrected chi connectivity index (χ4v) is 1.90. The maximum Gasteiger partial charge on any atom is 0.270 e. The molecule has 100 valence electrons. The molecule has 1 aromatic carbocycles. The summed E-state index contributed by atoms with van der Waals surface area (Å²) in [7, 11) is 0. The highest BCUT2D eigenvalue weighted by atomic mass is 16.6. The lowest BCUT2D eigenvalue weighted by atomic mass is 10.1. The molecule has 0 saturated heterocycles. The Morgan fingerprint density at radius 2 is 2.21 bits per heavy atom. The number of nitrogens with two attached hydrogens (primary N) is 1. The molecule has 0 amide bonds. The minimum absolute atomic E-state index is 0.0373. The van der Waals surface area contributed by atoms with Gasteiger partial charge in [-0.25, -0.2) is 0 Å². The molecule has 0 unspecified atom stereocenters. The number of hydrogen-bond donors (Lipinski definition) is 1. The zero-order valence-corrected chi connectivity index (χ0v) is 10.9. The van der Waals surface area contributed by atoms with Crippen LogP contribution in [0.25, 0.3) is 11.3 Å². The smallest absolute Gasteiger partial charge is 0.270 e. The Morgan fingerprint density at radius 3 is 2.84 bits per heavy atom. The van der Waals surface area contributed by atoms with Crippen molar-refractivity contribution >= 4 is 11.4 Å². The first-order chi connectivity index (χ1) is 8.97. The maximum atomic E-state index is 10.8. The highest BCUT2D eigenvalue weighted by molar-refractivity contribution is 5.73. The number of nitrogen functional groups attached to an aromatic ring is 1. The SMILES string of the molecule is CC(C)Cn1cc(N)c(-c2cccc([N+](=O)[O-])c2)n1. The molecule has 1 heterocycles. The summed E-state index contributed by atoms with van der Waals surface area (Å²) in [6.45, 7) is 4.94. The average molecular weight is 260 g/mol. The van der Waals surface area contributed by atoms with Gasteiger partial charge in [0.05, 0.1) is 10.6 Å². The predicted molar refractivity (Wildman–Crippen MR) is 73.6 cm³/mol. The van der Waals surface area contributed by atoms with Gasteiger partial charge in [0.25, 0.3) is 5.69 Å². The molecule has 0 aliphatic carbocycles. The summed E-state index contributed by atoms with van der Waals surface area (Å²) in [5, 5.41) is 15.2. The minimum Gasteiger partial charge on any atom is -0.396 e. The third kappa shape index (κ3) is 2.90. The molecule has 0 radical (unpaired) electrons. The number of benzene rings is 1. The molecule has 2 N–H and O–H groups in total. The summed E-state index contributed by atoms with van der Waals surface area (Å²) in [4.78, 5) is 10.3. The summed E-state index contributed by atoms with van der Waals surface area (Å²) in [5.74, 6) is 0.456. The summed E-state index contributed by atoms with van der Waals surface area (Å²) < 4.78 is 1.77. The number of aromatic nitrogens is 2. The first-order valence-corrected chi connectivity index (χ1v) is 6.05. The fraction of sp³-hybridized carbons (Fsp3) is 0.308. The lowest BCUT2D eigenvalue weighted by Gasteiger charge is -2.03. The van der Waals surface area contributed by atoms with Crippen molar-refractivity contribution in [2.24, 2.45) is 5.92 Å². The Kier molecular flexibility index (Phi) is 3.50. The standard InChI is InChI=1S/C13H16N4O2/c1-9(2)7-16-8-12(14)13(15-16)10-4-3-5-11(6-10)17(18)19/h3-6,8-9H,7,14H2,1-2H3. The van der Waals surface area contributed by atoms with E-state index in [1.54, 1.807) is 23.0 Å². The van der Waals surface area contributed by atoms with E-state index in [2.05, 4.69) is 18.9 Å². The van der Waals surface area contributed by atoms with Gasteiger partial charge in [-0.3, -0.25) is 14.8 Å². The van der Waals surface area contributed by atoms with Gasteiger partial charge in [0.2, 0.25) is 0 Å². The molecule has 0 fully saturated rings. The highest BCUT2D eigenvalue weighted by Gasteiger charge is 2.13. The first kappa shape index (κ1) is 13.1. The van der Waals surface area contributed by atoms with E-state index < -0.39 is 4.92 Å². The quantitative estimate of drug-likeness (QED) is 0.676. The van der Waals surface area contributed by atoms with Crippen LogP contribution in [0.3, 0.4) is 0 Å². The Balaban J connectivity index is 2.38. The van der Waals surface area contributed by atoms with Crippen molar-refractivity contribution in [3.63, 3.8) is 0 Å². The molecule has 6 nitrogen and oxygen atoms in total. The molecule has 0 bridgehead atoms. The largest absolute Gasteiger partial charge is 0.396 e. The van der Waals surface area contributed by atoms with Gasteiger partial charge in [-0.1, -0.05) is 26.0 Å². The van der Waals surface area contributed by atoms with Crippen LogP contribution in [0.1, 0.15) is 13.8 Å². The van der Waals surface area contributed by atoms with Crippen LogP contribution < -0.4 is 5.73 Å². The number of rotatable bonds is 4. The topological polar surface area (TPSA) is 87.0 Å². The van der Waals surface area contributed by atoms with Crippen molar-refractivity contribution in [1.29, 1.82) is 0 Å². The van der Waals surface area contributed by atoms with E-state index in [0.29, 0.717) is 22.9 Å². The Hall–Kier alpha value is -2.37. The van der Waals surface area contributed by atoms with Crippen LogP contribution in [0, 0.1) is 16.0 Å². The first-order valence-electron chi connectivity index (χ1n) is 6.05. The van der Waals surface area contributed by atoms with E-state index in [0.717, 1.165) is 6.54 Å². The zero-order chi connectivity index (χ0) is 14.0. The summed E-state index contributed by atoms with van der Waals surface area (Å²) in [6, 6.07) is 6.34. The second-order valence-electron chi connectivity index (χ2n) is 4.86. The van der Waals surface area contributed by atoms with Gasteiger partial charge in [0.15, 0.2) is 0 Å². The third-order valence-electron chi connectivity index (χ3n) is 2.67. The van der Waals surface area contributed by atoms with E-state index in [1.807, 2.05) is 0 Å². The molecule has 6 heteroatoms. The normalized spacial score (nSPS) is 10.9. The summed E-state index contributed by atoms with van der Waals surface area (Å²) in [6.07, 6.45) is 1.76. The van der Waals surface area contributed by atoms with Crippen LogP contribution in [0.4, 0.5) is 11.4 Å². The lowest BCUT2D eigenvalue weighted by Crippen LogP contribution is -2.04. The van der Waals surface area contributed by atoms with Crippen LogP contribution in [0.15, 0.2) is 30.5 Å². The molecule has 1 aromatic heterocycles. The van der Waals surface area contributed by atoms with Crippen molar-refractivity contribution in [2.45, 2.75) is 20.4 Å². The predicted octanol–water partition coefficient (Wildman–Crippen LogP) is 2.70. The third-order valence-corrected chi connectivity index (χ3v) is 2.67. The van der Waals surface area contributed by atoms with Crippen LogP contribution in [-0.2, 0) is 6.54 Å². The number of anilines is 1. The van der Waals surface area contributed by atoms with Crippen LogP contribution in [0.2, 0.25) is 0 Å². The molecule has 2 rings (SSSR count). The number of nitro benzene ring substituents is 1. The van der Waals surface area contributed by atoms with Gasteiger partial charge in [-0.2, -0.15) is 5.10 Å². The fourth-order valence-electron chi connectivity index (χ4n) is 1.90. The van der Waals surface area contributed by atoms with Crippen molar-refractivity contribution in [3.8, 4) is 11.3 Å². The number of nitrogens with zero attached hydrogens (tertiary/aromatic N) is 3. The molecule has 0 spiro atoms. The van der Waals surface area contributed by atoms with Gasteiger partial charge >= 0.3 is 0 Å².